The van der Waals surface area contributed by atoms with Crippen molar-refractivity contribution in [3.63, 3.8) is 0 Å². The summed E-state index contributed by atoms with van der Waals surface area (Å²) >= 11 is 0. The van der Waals surface area contributed by atoms with Gasteiger partial charge in [-0.25, -0.2) is 0 Å². The van der Waals surface area contributed by atoms with E-state index in [1.807, 2.05) is 85.2 Å². The number of hydrogen-bond donors (Lipinski definition) is 0. The van der Waals surface area contributed by atoms with Crippen molar-refractivity contribution in [2.45, 2.75) is 0 Å². The first-order valence-electron chi connectivity index (χ1n) is 8.24. The smallest absolute Gasteiger partial charge is 0.119 e. The zero-order chi connectivity index (χ0) is 18.2. The monoisotopic (exact) mass is 344 g/mol. The third kappa shape index (κ3) is 4.57. The van der Waals surface area contributed by atoms with Crippen LogP contribution in [0.25, 0.3) is 0 Å². The van der Waals surface area contributed by atoms with E-state index in [1.54, 1.807) is 14.2 Å². The maximum absolute atomic E-state index is 5.24. The summed E-state index contributed by atoms with van der Waals surface area (Å²) in [4.78, 5) is 9.16. The first kappa shape index (κ1) is 17.4. The van der Waals surface area contributed by atoms with Crippen LogP contribution >= 0.6 is 0 Å². The molecule has 130 valence electrons. The van der Waals surface area contributed by atoms with Gasteiger partial charge in [0.15, 0.2) is 0 Å². The SMILES string of the molecule is COc1cccc(C=Nc2ccccc2N=Cc2cccc(OC)c2)c1. The molecule has 0 heterocycles. The molecule has 0 spiro atoms. The second-order valence-corrected chi connectivity index (χ2v) is 5.56. The summed E-state index contributed by atoms with van der Waals surface area (Å²) in [5.74, 6) is 1.61. The molecule has 4 heteroatoms. The predicted octanol–water partition coefficient (Wildman–Crippen LogP) is 5.21. The molecule has 3 rings (SSSR count). The summed E-state index contributed by atoms with van der Waals surface area (Å²) in [5, 5.41) is 0. The molecular weight excluding hydrogens is 324 g/mol. The Labute approximate surface area is 153 Å². The fraction of sp³-hybridized carbons (Fsp3) is 0.0909. The lowest BCUT2D eigenvalue weighted by atomic mass is 10.2. The molecule has 4 nitrogen and oxygen atoms in total. The van der Waals surface area contributed by atoms with Gasteiger partial charge in [-0.1, -0.05) is 36.4 Å². The first-order chi connectivity index (χ1) is 12.8. The first-order valence-corrected chi connectivity index (χ1v) is 8.24. The average Bonchev–Trinajstić information content (AvgIpc) is 2.71. The normalized spacial score (nSPS) is 11.2. The molecule has 0 atom stereocenters. The topological polar surface area (TPSA) is 43.2 Å². The molecule has 0 bridgehead atoms. The Morgan fingerprint density at radius 1 is 0.615 bits per heavy atom. The van der Waals surface area contributed by atoms with Crippen molar-refractivity contribution in [3.8, 4) is 11.5 Å². The molecule has 0 N–H and O–H groups in total. The molecule has 3 aromatic carbocycles. The van der Waals surface area contributed by atoms with Crippen molar-refractivity contribution < 1.29 is 9.47 Å². The molecule has 0 aliphatic carbocycles. The van der Waals surface area contributed by atoms with Gasteiger partial charge in [-0.15, -0.1) is 0 Å². The fourth-order valence-electron chi connectivity index (χ4n) is 2.41. The van der Waals surface area contributed by atoms with Crippen LogP contribution in [0.4, 0.5) is 11.4 Å². The molecule has 0 fully saturated rings. The summed E-state index contributed by atoms with van der Waals surface area (Å²) in [7, 11) is 3.30. The number of para-hydroxylation sites is 2. The van der Waals surface area contributed by atoms with Crippen LogP contribution < -0.4 is 9.47 Å². The van der Waals surface area contributed by atoms with E-state index in [1.165, 1.54) is 0 Å². The van der Waals surface area contributed by atoms with Gasteiger partial charge < -0.3 is 9.47 Å². The van der Waals surface area contributed by atoms with Crippen molar-refractivity contribution in [1.82, 2.24) is 0 Å². The minimum atomic E-state index is 0.800. The van der Waals surface area contributed by atoms with E-state index in [2.05, 4.69) is 9.98 Å². The second kappa shape index (κ2) is 8.62. The quantitative estimate of drug-likeness (QED) is 0.577. The minimum absolute atomic E-state index is 0.800. The maximum atomic E-state index is 5.24. The standard InChI is InChI=1S/C22H20N2O2/c1-25-19-9-5-7-17(13-19)15-23-21-11-3-4-12-22(21)24-16-18-8-6-10-20(14-18)26-2/h3-16H,1-2H3. The number of benzene rings is 3. The van der Waals surface area contributed by atoms with Gasteiger partial charge in [-0.2, -0.15) is 0 Å². The molecule has 3 aromatic rings. The highest BCUT2D eigenvalue weighted by Gasteiger charge is 1.99. The van der Waals surface area contributed by atoms with Gasteiger partial charge in [0.25, 0.3) is 0 Å². The zero-order valence-electron chi connectivity index (χ0n) is 14.8. The largest absolute Gasteiger partial charge is 0.497 e. The third-order valence-electron chi connectivity index (χ3n) is 3.77. The Kier molecular flexibility index (Phi) is 5.78. The maximum Gasteiger partial charge on any atom is 0.119 e. The average molecular weight is 344 g/mol. The molecule has 26 heavy (non-hydrogen) atoms. The van der Waals surface area contributed by atoms with E-state index < -0.39 is 0 Å². The van der Waals surface area contributed by atoms with Crippen molar-refractivity contribution in [2.75, 3.05) is 14.2 Å². The molecule has 0 radical (unpaired) electrons. The van der Waals surface area contributed by atoms with Crippen molar-refractivity contribution in [1.29, 1.82) is 0 Å². The number of methoxy groups -OCH3 is 2. The summed E-state index contributed by atoms with van der Waals surface area (Å²) in [6, 6.07) is 23.3. The van der Waals surface area contributed by atoms with Gasteiger partial charge in [0.2, 0.25) is 0 Å². The minimum Gasteiger partial charge on any atom is -0.497 e. The molecule has 0 unspecified atom stereocenters. The Hall–Kier alpha value is -3.40. The molecule has 0 amide bonds. The number of hydrogen-bond acceptors (Lipinski definition) is 4. The van der Waals surface area contributed by atoms with Crippen molar-refractivity contribution in [2.24, 2.45) is 9.98 Å². The van der Waals surface area contributed by atoms with Crippen LogP contribution in [0.3, 0.4) is 0 Å². The van der Waals surface area contributed by atoms with Crippen LogP contribution in [0, 0.1) is 0 Å². The Bertz CT molecular complexity index is 856. The summed E-state index contributed by atoms with van der Waals surface area (Å²) in [6.45, 7) is 0. The Balaban J connectivity index is 1.83. The van der Waals surface area contributed by atoms with E-state index >= 15 is 0 Å². The van der Waals surface area contributed by atoms with Crippen molar-refractivity contribution >= 4 is 23.8 Å². The summed E-state index contributed by atoms with van der Waals surface area (Å²) in [6.07, 6.45) is 3.62. The lowest BCUT2D eigenvalue weighted by Crippen LogP contribution is -1.86. The third-order valence-corrected chi connectivity index (χ3v) is 3.77. The number of ether oxygens (including phenoxy) is 2. The van der Waals surface area contributed by atoms with Gasteiger partial charge >= 0.3 is 0 Å². The molecule has 0 aliphatic heterocycles. The summed E-state index contributed by atoms with van der Waals surface area (Å²) < 4.78 is 10.5. The van der Waals surface area contributed by atoms with Gasteiger partial charge in [0, 0.05) is 12.4 Å². The number of nitrogens with zero attached hydrogens (tertiary/aromatic N) is 2. The van der Waals surface area contributed by atoms with E-state index in [4.69, 9.17) is 9.47 Å². The van der Waals surface area contributed by atoms with E-state index in [9.17, 15) is 0 Å². The molecule has 0 saturated heterocycles. The highest BCUT2D eigenvalue weighted by molar-refractivity contribution is 5.87. The Morgan fingerprint density at radius 2 is 1.08 bits per heavy atom. The second-order valence-electron chi connectivity index (χ2n) is 5.56. The van der Waals surface area contributed by atoms with Crippen LogP contribution in [0.2, 0.25) is 0 Å². The lowest BCUT2D eigenvalue weighted by molar-refractivity contribution is 0.414. The zero-order valence-corrected chi connectivity index (χ0v) is 14.8. The van der Waals surface area contributed by atoms with Gasteiger partial charge in [0.1, 0.15) is 11.5 Å². The van der Waals surface area contributed by atoms with Crippen LogP contribution in [0.5, 0.6) is 11.5 Å². The van der Waals surface area contributed by atoms with Gasteiger partial charge in [0.05, 0.1) is 25.6 Å². The van der Waals surface area contributed by atoms with Crippen LogP contribution in [-0.2, 0) is 0 Å². The fourth-order valence-corrected chi connectivity index (χ4v) is 2.41. The van der Waals surface area contributed by atoms with Crippen LogP contribution in [0.1, 0.15) is 11.1 Å². The summed E-state index contributed by atoms with van der Waals surface area (Å²) in [5.41, 5.74) is 3.54. The number of aliphatic imine (C=N–C) groups is 2. The highest BCUT2D eigenvalue weighted by atomic mass is 16.5. The van der Waals surface area contributed by atoms with Crippen molar-refractivity contribution in [3.05, 3.63) is 83.9 Å². The molecule has 0 aromatic heterocycles. The van der Waals surface area contributed by atoms with Crippen LogP contribution in [-0.4, -0.2) is 26.6 Å². The van der Waals surface area contributed by atoms with Gasteiger partial charge in [-0.05, 0) is 47.5 Å². The van der Waals surface area contributed by atoms with Gasteiger partial charge in [-0.3, -0.25) is 9.98 Å². The molecular formula is C22H20N2O2. The Morgan fingerprint density at radius 3 is 1.50 bits per heavy atom. The lowest BCUT2D eigenvalue weighted by Gasteiger charge is -2.02. The van der Waals surface area contributed by atoms with Crippen LogP contribution in [0.15, 0.2) is 82.8 Å². The van der Waals surface area contributed by atoms with E-state index in [0.717, 1.165) is 34.0 Å². The molecule has 0 saturated carbocycles. The van der Waals surface area contributed by atoms with E-state index in [0.29, 0.717) is 0 Å². The highest BCUT2D eigenvalue weighted by Crippen LogP contribution is 2.27. The number of rotatable bonds is 6. The van der Waals surface area contributed by atoms with E-state index in [-0.39, 0.29) is 0 Å². The predicted molar refractivity (Wildman–Crippen MR) is 107 cm³/mol. The molecule has 0 aliphatic rings.